The lowest BCUT2D eigenvalue weighted by Crippen LogP contribution is -2.24. The molecule has 6 nitrogen and oxygen atoms in total. The number of nitrogens with one attached hydrogen (secondary N) is 1. The number of hydrogen-bond acceptors (Lipinski definition) is 5. The minimum absolute atomic E-state index is 0.148. The van der Waals surface area contributed by atoms with Crippen LogP contribution in [0.1, 0.15) is 11.1 Å². The third-order valence-electron chi connectivity index (χ3n) is 3.90. The summed E-state index contributed by atoms with van der Waals surface area (Å²) in [6.07, 6.45) is 4.54. The molecule has 0 aliphatic carbocycles. The highest BCUT2D eigenvalue weighted by molar-refractivity contribution is 9.10. The van der Waals surface area contributed by atoms with E-state index >= 15 is 0 Å². The Hall–Kier alpha value is -3.71. The van der Waals surface area contributed by atoms with Crippen molar-refractivity contribution in [1.82, 2.24) is 5.43 Å². The number of rotatable bonds is 8. The number of hydrogen-bond donors (Lipinski definition) is 1. The van der Waals surface area contributed by atoms with Crippen LogP contribution in [-0.2, 0) is 9.59 Å². The molecule has 31 heavy (non-hydrogen) atoms. The molecule has 0 aromatic heterocycles. The van der Waals surface area contributed by atoms with Gasteiger partial charge in [0.25, 0.3) is 5.91 Å². The third kappa shape index (κ3) is 7.91. The summed E-state index contributed by atoms with van der Waals surface area (Å²) in [5, 5.41) is 3.89. The molecule has 0 saturated carbocycles. The predicted octanol–water partition coefficient (Wildman–Crippen LogP) is 4.60. The molecule has 0 aliphatic heterocycles. The molecule has 156 valence electrons. The lowest BCUT2D eigenvalue weighted by molar-refractivity contribution is -0.129. The second-order valence-corrected chi connectivity index (χ2v) is 7.19. The summed E-state index contributed by atoms with van der Waals surface area (Å²) in [5.74, 6) is 0.149. The fraction of sp³-hybridized carbons (Fsp3) is 0.0417. The number of benzene rings is 3. The topological polar surface area (TPSA) is 77.0 Å². The van der Waals surface area contributed by atoms with E-state index in [9.17, 15) is 9.59 Å². The van der Waals surface area contributed by atoms with Crippen LogP contribution < -0.4 is 14.9 Å². The first kappa shape index (κ1) is 22.0. The molecule has 0 radical (unpaired) electrons. The van der Waals surface area contributed by atoms with Crippen LogP contribution in [0, 0.1) is 0 Å². The fourth-order valence-corrected chi connectivity index (χ4v) is 2.66. The minimum atomic E-state index is -0.469. The number of halogens is 1. The van der Waals surface area contributed by atoms with Gasteiger partial charge in [-0.05, 0) is 65.7 Å². The van der Waals surface area contributed by atoms with Gasteiger partial charge in [0.05, 0.1) is 6.21 Å². The van der Waals surface area contributed by atoms with Gasteiger partial charge in [-0.1, -0.05) is 46.3 Å². The van der Waals surface area contributed by atoms with Crippen molar-refractivity contribution in [3.63, 3.8) is 0 Å². The molecule has 1 amide bonds. The van der Waals surface area contributed by atoms with Crippen LogP contribution in [0.5, 0.6) is 11.5 Å². The van der Waals surface area contributed by atoms with Gasteiger partial charge in [0, 0.05) is 10.5 Å². The summed E-state index contributed by atoms with van der Waals surface area (Å²) in [7, 11) is 0. The van der Waals surface area contributed by atoms with Crippen molar-refractivity contribution in [3.8, 4) is 11.5 Å². The number of esters is 1. The SMILES string of the molecule is O=C(COc1ccc(Br)cc1)NN=Cc1ccc(OC(=O)C=Cc2ccccc2)cc1. The second-order valence-electron chi connectivity index (χ2n) is 6.27. The fourth-order valence-electron chi connectivity index (χ4n) is 2.39. The van der Waals surface area contributed by atoms with E-state index in [1.165, 1.54) is 12.3 Å². The number of nitrogens with zero attached hydrogens (tertiary/aromatic N) is 1. The quantitative estimate of drug-likeness (QED) is 0.169. The molecule has 0 atom stereocenters. The summed E-state index contributed by atoms with van der Waals surface area (Å²) in [6, 6.07) is 23.4. The lowest BCUT2D eigenvalue weighted by atomic mass is 10.2. The lowest BCUT2D eigenvalue weighted by Gasteiger charge is -2.05. The molecule has 3 aromatic rings. The van der Waals surface area contributed by atoms with Crippen LogP contribution in [0.4, 0.5) is 0 Å². The van der Waals surface area contributed by atoms with Crippen LogP contribution in [0.15, 0.2) is 94.5 Å². The Morgan fingerprint density at radius 3 is 2.26 bits per heavy atom. The number of carbonyl (C=O) groups excluding carboxylic acids is 2. The molecule has 0 bridgehead atoms. The van der Waals surface area contributed by atoms with Crippen LogP contribution in [0.2, 0.25) is 0 Å². The molecule has 3 aromatic carbocycles. The molecule has 7 heteroatoms. The van der Waals surface area contributed by atoms with Crippen molar-refractivity contribution in [2.75, 3.05) is 6.61 Å². The Balaban J connectivity index is 1.42. The van der Waals surface area contributed by atoms with Gasteiger partial charge in [0.15, 0.2) is 6.61 Å². The highest BCUT2D eigenvalue weighted by Crippen LogP contribution is 2.16. The molecule has 0 aliphatic rings. The predicted molar refractivity (Wildman–Crippen MR) is 123 cm³/mol. The van der Waals surface area contributed by atoms with Gasteiger partial charge in [-0.2, -0.15) is 5.10 Å². The van der Waals surface area contributed by atoms with Crippen molar-refractivity contribution < 1.29 is 19.1 Å². The van der Waals surface area contributed by atoms with E-state index in [4.69, 9.17) is 9.47 Å². The van der Waals surface area contributed by atoms with Crippen LogP contribution >= 0.6 is 15.9 Å². The molecule has 0 unspecified atom stereocenters. The van der Waals surface area contributed by atoms with E-state index in [2.05, 4.69) is 26.5 Å². The maximum Gasteiger partial charge on any atom is 0.336 e. The molecular weight excluding hydrogens is 460 g/mol. The first-order valence-corrected chi connectivity index (χ1v) is 10.1. The molecule has 0 saturated heterocycles. The maximum atomic E-state index is 11.9. The number of hydrazone groups is 1. The van der Waals surface area contributed by atoms with Gasteiger partial charge in [0.1, 0.15) is 11.5 Å². The first-order chi connectivity index (χ1) is 15.1. The van der Waals surface area contributed by atoms with Gasteiger partial charge in [-0.15, -0.1) is 0 Å². The summed E-state index contributed by atoms with van der Waals surface area (Å²) < 4.78 is 11.6. The average molecular weight is 479 g/mol. The zero-order valence-electron chi connectivity index (χ0n) is 16.4. The van der Waals surface area contributed by atoms with Crippen molar-refractivity contribution in [1.29, 1.82) is 0 Å². The highest BCUT2D eigenvalue weighted by Gasteiger charge is 2.02. The van der Waals surface area contributed by atoms with E-state index in [0.717, 1.165) is 15.6 Å². The summed E-state index contributed by atoms with van der Waals surface area (Å²) >= 11 is 3.33. The van der Waals surface area contributed by atoms with Crippen molar-refractivity contribution in [2.24, 2.45) is 5.10 Å². The van der Waals surface area contributed by atoms with Gasteiger partial charge >= 0.3 is 5.97 Å². The third-order valence-corrected chi connectivity index (χ3v) is 4.43. The second kappa shape index (κ2) is 11.5. The molecular formula is C24H19BrN2O4. The maximum absolute atomic E-state index is 11.9. The Labute approximate surface area is 188 Å². The van der Waals surface area contributed by atoms with Gasteiger partial charge in [-0.3, -0.25) is 4.79 Å². The summed E-state index contributed by atoms with van der Waals surface area (Å²) in [6.45, 7) is -0.148. The Morgan fingerprint density at radius 1 is 0.871 bits per heavy atom. The molecule has 0 fully saturated rings. The monoisotopic (exact) mass is 478 g/mol. The Kier molecular flexibility index (Phi) is 8.13. The number of ether oxygens (including phenoxy) is 2. The number of amides is 1. The zero-order valence-corrected chi connectivity index (χ0v) is 18.0. The van der Waals surface area contributed by atoms with Crippen LogP contribution in [0.3, 0.4) is 0 Å². The van der Waals surface area contributed by atoms with E-state index in [0.29, 0.717) is 11.5 Å². The molecule has 0 heterocycles. The Morgan fingerprint density at radius 2 is 1.55 bits per heavy atom. The smallest absolute Gasteiger partial charge is 0.336 e. The standard InChI is InChI=1S/C24H19BrN2O4/c25-20-9-13-21(14-10-20)30-17-23(28)27-26-16-19-6-11-22(12-7-19)31-24(29)15-8-18-4-2-1-3-5-18/h1-16H,17H2,(H,27,28). The van der Waals surface area contributed by atoms with Crippen molar-refractivity contribution in [3.05, 3.63) is 101 Å². The average Bonchev–Trinajstić information content (AvgIpc) is 2.79. The Bertz CT molecular complexity index is 1060. The van der Waals surface area contributed by atoms with Crippen molar-refractivity contribution in [2.45, 2.75) is 0 Å². The van der Waals surface area contributed by atoms with Crippen LogP contribution in [-0.4, -0.2) is 24.7 Å². The molecule has 0 spiro atoms. The van der Waals surface area contributed by atoms with Gasteiger partial charge in [0.2, 0.25) is 0 Å². The van der Waals surface area contributed by atoms with E-state index in [-0.39, 0.29) is 12.5 Å². The molecule has 1 N–H and O–H groups in total. The van der Waals surface area contributed by atoms with Gasteiger partial charge in [-0.25, -0.2) is 10.2 Å². The minimum Gasteiger partial charge on any atom is -0.484 e. The van der Waals surface area contributed by atoms with E-state index in [1.807, 2.05) is 42.5 Å². The normalized spacial score (nSPS) is 10.9. The van der Waals surface area contributed by atoms with E-state index < -0.39 is 5.97 Å². The molecule has 3 rings (SSSR count). The summed E-state index contributed by atoms with van der Waals surface area (Å²) in [4.78, 5) is 23.7. The van der Waals surface area contributed by atoms with E-state index in [1.54, 1.807) is 42.5 Å². The van der Waals surface area contributed by atoms with Gasteiger partial charge < -0.3 is 9.47 Å². The largest absolute Gasteiger partial charge is 0.484 e. The highest BCUT2D eigenvalue weighted by atomic mass is 79.9. The van der Waals surface area contributed by atoms with Crippen molar-refractivity contribution >= 4 is 40.1 Å². The number of carbonyl (C=O) groups is 2. The zero-order chi connectivity index (χ0) is 21.9. The van der Waals surface area contributed by atoms with Crippen LogP contribution in [0.25, 0.3) is 6.08 Å². The first-order valence-electron chi connectivity index (χ1n) is 9.34. The summed E-state index contributed by atoms with van der Waals surface area (Å²) in [5.41, 5.74) is 4.04.